The Bertz CT molecular complexity index is 238. The summed E-state index contributed by atoms with van der Waals surface area (Å²) in [6.45, 7) is 2.33. The minimum atomic E-state index is 0.560. The number of hydrogen-bond donors (Lipinski definition) is 0. The van der Waals surface area contributed by atoms with Crippen LogP contribution >= 0.6 is 15.9 Å². The maximum Gasteiger partial charge on any atom is 0.0425 e. The van der Waals surface area contributed by atoms with Crippen LogP contribution in [0, 0.1) is 11.8 Å². The van der Waals surface area contributed by atoms with E-state index in [9.17, 15) is 0 Å². The molecule has 0 aromatic rings. The van der Waals surface area contributed by atoms with E-state index in [0.717, 1.165) is 11.8 Å². The Balaban J connectivity index is 2.10. The summed E-state index contributed by atoms with van der Waals surface area (Å²) in [5, 5.41) is 0. The summed E-state index contributed by atoms with van der Waals surface area (Å²) in [7, 11) is 0. The first-order valence-corrected chi connectivity index (χ1v) is 5.41. The molecule has 4 aliphatic carbocycles. The second-order valence-electron chi connectivity index (χ2n) is 4.38. The van der Waals surface area contributed by atoms with Crippen molar-refractivity contribution in [2.75, 3.05) is 0 Å². The van der Waals surface area contributed by atoms with E-state index >= 15 is 0 Å². The molecule has 0 nitrogen and oxygen atoms in total. The van der Waals surface area contributed by atoms with Gasteiger partial charge < -0.3 is 0 Å². The molecule has 0 amide bonds. The van der Waals surface area contributed by atoms with Gasteiger partial charge in [0, 0.05) is 4.32 Å². The minimum Gasteiger partial charge on any atom is -0.0837 e. The predicted molar refractivity (Wildman–Crippen MR) is 49.8 cm³/mol. The van der Waals surface area contributed by atoms with Crippen molar-refractivity contribution in [3.8, 4) is 0 Å². The third kappa shape index (κ3) is 0.557. The minimum absolute atomic E-state index is 0.560. The molecular weight excluding hydrogens is 200 g/mol. The van der Waals surface area contributed by atoms with Crippen molar-refractivity contribution in [2.24, 2.45) is 11.8 Å². The van der Waals surface area contributed by atoms with Gasteiger partial charge in [-0.25, -0.2) is 0 Å². The van der Waals surface area contributed by atoms with Crippen molar-refractivity contribution in [1.82, 2.24) is 0 Å². The summed E-state index contributed by atoms with van der Waals surface area (Å²) in [5.41, 5.74) is 3.55. The molecule has 0 radical (unpaired) electrons. The first kappa shape index (κ1) is 6.71. The van der Waals surface area contributed by atoms with E-state index in [1.807, 2.05) is 5.57 Å². The van der Waals surface area contributed by atoms with Crippen LogP contribution in [-0.4, -0.2) is 4.32 Å². The Morgan fingerprint density at radius 1 is 1.36 bits per heavy atom. The Morgan fingerprint density at radius 3 is 2.36 bits per heavy atom. The molecule has 2 unspecified atom stereocenters. The third-order valence-electron chi connectivity index (χ3n) is 3.92. The third-order valence-corrected chi connectivity index (χ3v) is 5.31. The molecule has 2 atom stereocenters. The Labute approximate surface area is 76.2 Å². The molecule has 0 saturated heterocycles. The summed E-state index contributed by atoms with van der Waals surface area (Å²) in [5.74, 6) is 1.89. The number of hydrogen-bond acceptors (Lipinski definition) is 0. The molecule has 0 heterocycles. The lowest BCUT2D eigenvalue weighted by Gasteiger charge is -2.54. The summed E-state index contributed by atoms with van der Waals surface area (Å²) < 4.78 is 0.560. The van der Waals surface area contributed by atoms with Gasteiger partial charge in [0.25, 0.3) is 0 Å². The van der Waals surface area contributed by atoms with E-state index in [-0.39, 0.29) is 0 Å². The number of rotatable bonds is 0. The van der Waals surface area contributed by atoms with Gasteiger partial charge in [-0.3, -0.25) is 0 Å². The highest BCUT2D eigenvalue weighted by Crippen LogP contribution is 2.70. The predicted octanol–water partition coefficient (Wildman–Crippen LogP) is 3.27. The molecule has 0 aromatic heterocycles. The quantitative estimate of drug-likeness (QED) is 0.428. The fourth-order valence-electron chi connectivity index (χ4n) is 3.57. The van der Waals surface area contributed by atoms with Crippen LogP contribution in [0.4, 0.5) is 0 Å². The van der Waals surface area contributed by atoms with E-state index < -0.39 is 0 Å². The molecule has 4 bridgehead atoms. The van der Waals surface area contributed by atoms with Crippen molar-refractivity contribution < 1.29 is 0 Å². The van der Waals surface area contributed by atoms with E-state index in [1.54, 1.807) is 5.57 Å². The molecule has 1 heteroatoms. The highest BCUT2D eigenvalue weighted by Gasteiger charge is 2.63. The second-order valence-corrected chi connectivity index (χ2v) is 5.85. The van der Waals surface area contributed by atoms with Gasteiger partial charge in [-0.2, -0.15) is 0 Å². The molecule has 2 fully saturated rings. The first-order chi connectivity index (χ1) is 5.23. The maximum absolute atomic E-state index is 3.95. The van der Waals surface area contributed by atoms with Gasteiger partial charge in [0.2, 0.25) is 0 Å². The number of allylic oxidation sites excluding steroid dienone is 2. The lowest BCUT2D eigenvalue weighted by atomic mass is 9.57. The Hall–Kier alpha value is 0.220. The molecule has 11 heavy (non-hydrogen) atoms. The van der Waals surface area contributed by atoms with E-state index in [2.05, 4.69) is 22.9 Å². The maximum atomic E-state index is 3.95. The van der Waals surface area contributed by atoms with Gasteiger partial charge in [0.05, 0.1) is 0 Å². The van der Waals surface area contributed by atoms with Crippen molar-refractivity contribution in [2.45, 2.75) is 36.9 Å². The number of alkyl halides is 1. The monoisotopic (exact) mass is 212 g/mol. The fraction of sp³-hybridized carbons (Fsp3) is 0.800. The van der Waals surface area contributed by atoms with Gasteiger partial charge in [-0.15, -0.1) is 0 Å². The molecule has 4 rings (SSSR count). The van der Waals surface area contributed by atoms with E-state index in [4.69, 9.17) is 0 Å². The molecule has 0 aromatic carbocycles. The lowest BCUT2D eigenvalue weighted by molar-refractivity contribution is 0.170. The van der Waals surface area contributed by atoms with E-state index in [0.29, 0.717) is 4.32 Å². The van der Waals surface area contributed by atoms with Crippen LogP contribution < -0.4 is 0 Å². The normalized spacial score (nSPS) is 52.9. The van der Waals surface area contributed by atoms with Crippen molar-refractivity contribution in [1.29, 1.82) is 0 Å². The summed E-state index contributed by atoms with van der Waals surface area (Å²) >= 11 is 3.95. The summed E-state index contributed by atoms with van der Waals surface area (Å²) in [6, 6.07) is 0. The number of fused-ring (bicyclic) bond motifs is 1. The zero-order valence-electron chi connectivity index (χ0n) is 6.86. The van der Waals surface area contributed by atoms with Crippen LogP contribution in [0.5, 0.6) is 0 Å². The number of halogens is 1. The van der Waals surface area contributed by atoms with E-state index in [1.165, 1.54) is 25.7 Å². The SMILES string of the molecule is CC1=C2C3CCCC2C3(Br)C1. The largest absolute Gasteiger partial charge is 0.0837 e. The standard InChI is InChI=1S/C10H13Br/c1-6-5-10(11)7-3-2-4-8(10)9(6)7/h7-8H,2-5H2,1H3. The lowest BCUT2D eigenvalue weighted by Crippen LogP contribution is -2.51. The zero-order valence-corrected chi connectivity index (χ0v) is 8.45. The summed E-state index contributed by atoms with van der Waals surface area (Å²) in [4.78, 5) is 0. The molecule has 0 spiro atoms. The van der Waals surface area contributed by atoms with Crippen LogP contribution in [0.1, 0.15) is 32.6 Å². The molecule has 60 valence electrons. The van der Waals surface area contributed by atoms with Crippen LogP contribution in [0.2, 0.25) is 0 Å². The highest BCUT2D eigenvalue weighted by molar-refractivity contribution is 9.10. The molecular formula is C10H13Br. The average molecular weight is 213 g/mol. The van der Waals surface area contributed by atoms with Gasteiger partial charge in [-0.1, -0.05) is 33.5 Å². The molecule has 2 saturated carbocycles. The van der Waals surface area contributed by atoms with Gasteiger partial charge >= 0.3 is 0 Å². The Morgan fingerprint density at radius 2 is 2.00 bits per heavy atom. The second kappa shape index (κ2) is 1.76. The summed E-state index contributed by atoms with van der Waals surface area (Å²) in [6.07, 6.45) is 5.72. The van der Waals surface area contributed by atoms with Gasteiger partial charge in [-0.05, 0) is 38.0 Å². The fourth-order valence-corrected chi connectivity index (χ4v) is 4.94. The molecule has 0 aliphatic heterocycles. The smallest absolute Gasteiger partial charge is 0.0425 e. The van der Waals surface area contributed by atoms with Crippen LogP contribution in [0.25, 0.3) is 0 Å². The van der Waals surface area contributed by atoms with Crippen molar-refractivity contribution in [3.05, 3.63) is 11.1 Å². The highest BCUT2D eigenvalue weighted by atomic mass is 79.9. The topological polar surface area (TPSA) is 0 Å². The van der Waals surface area contributed by atoms with Crippen LogP contribution in [0.3, 0.4) is 0 Å². The van der Waals surface area contributed by atoms with Crippen molar-refractivity contribution in [3.63, 3.8) is 0 Å². The first-order valence-electron chi connectivity index (χ1n) is 4.62. The van der Waals surface area contributed by atoms with Crippen LogP contribution in [0.15, 0.2) is 11.1 Å². The zero-order chi connectivity index (χ0) is 7.64. The molecule has 4 aliphatic rings. The van der Waals surface area contributed by atoms with Crippen LogP contribution in [-0.2, 0) is 0 Å². The van der Waals surface area contributed by atoms with Gasteiger partial charge in [0.1, 0.15) is 0 Å². The Kier molecular flexibility index (Phi) is 1.07. The van der Waals surface area contributed by atoms with Gasteiger partial charge in [0.15, 0.2) is 0 Å². The average Bonchev–Trinajstić information content (AvgIpc) is 2.41. The van der Waals surface area contributed by atoms with Crippen molar-refractivity contribution >= 4 is 15.9 Å². The molecule has 0 N–H and O–H groups in total.